The summed E-state index contributed by atoms with van der Waals surface area (Å²) in [6.07, 6.45) is 4.73. The number of aliphatic hydroxyl groups excluding tert-OH is 1. The van der Waals surface area contributed by atoms with Gasteiger partial charge in [-0.15, -0.1) is 0 Å². The fraction of sp³-hybridized carbons (Fsp3) is 0.542. The second-order valence-corrected chi connectivity index (χ2v) is 8.75. The summed E-state index contributed by atoms with van der Waals surface area (Å²) >= 11 is 0. The number of nitrogens with zero attached hydrogens (tertiary/aromatic N) is 3. The van der Waals surface area contributed by atoms with Gasteiger partial charge in [0.05, 0.1) is 5.52 Å². The number of benzene rings is 1. The average molecular weight is 442 g/mol. The molecule has 2 atom stereocenters. The summed E-state index contributed by atoms with van der Waals surface area (Å²) in [6.45, 7) is 2.61. The zero-order valence-corrected chi connectivity index (χ0v) is 18.2. The minimum Gasteiger partial charge on any atom is -0.490 e. The van der Waals surface area contributed by atoms with Crippen LogP contribution in [0, 0.1) is 5.92 Å². The lowest BCUT2D eigenvalue weighted by Gasteiger charge is -2.38. The maximum Gasteiger partial charge on any atom is 0.326 e. The zero-order chi connectivity index (χ0) is 22.5. The zero-order valence-electron chi connectivity index (χ0n) is 18.2. The third-order valence-corrected chi connectivity index (χ3v) is 6.51. The summed E-state index contributed by atoms with van der Waals surface area (Å²) in [7, 11) is 0. The Hall–Kier alpha value is -2.71. The topological polar surface area (TPSA) is 103 Å². The summed E-state index contributed by atoms with van der Waals surface area (Å²) in [5.41, 5.74) is 0.852. The van der Waals surface area contributed by atoms with Crippen LogP contribution in [0.25, 0.3) is 10.9 Å². The van der Waals surface area contributed by atoms with Crippen molar-refractivity contribution in [3.63, 3.8) is 0 Å². The lowest BCUT2D eigenvalue weighted by molar-refractivity contribution is -0.154. The largest absolute Gasteiger partial charge is 0.490 e. The molecule has 0 bridgehead atoms. The fourth-order valence-electron chi connectivity index (χ4n) is 4.79. The van der Waals surface area contributed by atoms with E-state index >= 15 is 0 Å². The molecular formula is C24H31N3O5. The number of hydrogen-bond donors (Lipinski definition) is 2. The van der Waals surface area contributed by atoms with E-state index in [-0.39, 0.29) is 18.4 Å². The molecule has 8 heteroatoms. The van der Waals surface area contributed by atoms with Crippen molar-refractivity contribution in [3.05, 3.63) is 36.5 Å². The van der Waals surface area contributed by atoms with E-state index in [4.69, 9.17) is 4.74 Å². The van der Waals surface area contributed by atoms with Gasteiger partial charge in [0.1, 0.15) is 24.5 Å². The lowest BCUT2D eigenvalue weighted by Crippen LogP contribution is -2.52. The number of rotatable bonds is 7. The SMILES string of the molecule is O=C(O)C1CCCCN1C(=O)C1CCN(CC(O)COc2cccc3ncccc23)CC1. The summed E-state index contributed by atoms with van der Waals surface area (Å²) in [6, 6.07) is 8.81. The second-order valence-electron chi connectivity index (χ2n) is 8.75. The summed E-state index contributed by atoms with van der Waals surface area (Å²) < 4.78 is 5.86. The molecule has 1 aromatic heterocycles. The van der Waals surface area contributed by atoms with Crippen molar-refractivity contribution in [2.45, 2.75) is 44.2 Å². The predicted molar refractivity (Wildman–Crippen MR) is 119 cm³/mol. The predicted octanol–water partition coefficient (Wildman–Crippen LogP) is 2.15. The lowest BCUT2D eigenvalue weighted by atomic mass is 9.92. The Bertz CT molecular complexity index is 939. The molecule has 3 heterocycles. The van der Waals surface area contributed by atoms with Crippen molar-refractivity contribution >= 4 is 22.8 Å². The number of ether oxygens (including phenoxy) is 1. The Labute approximate surface area is 187 Å². The van der Waals surface area contributed by atoms with Crippen LogP contribution in [-0.4, -0.2) is 81.8 Å². The van der Waals surface area contributed by atoms with Gasteiger partial charge in [0.2, 0.25) is 5.91 Å². The van der Waals surface area contributed by atoms with E-state index in [2.05, 4.69) is 9.88 Å². The van der Waals surface area contributed by atoms with Gasteiger partial charge in [-0.1, -0.05) is 6.07 Å². The Morgan fingerprint density at radius 2 is 1.91 bits per heavy atom. The Kier molecular flexibility index (Phi) is 7.22. The third-order valence-electron chi connectivity index (χ3n) is 6.51. The molecule has 4 rings (SSSR count). The molecule has 0 spiro atoms. The number of piperidine rings is 2. The molecule has 2 aromatic rings. The number of aliphatic hydroxyl groups is 1. The van der Waals surface area contributed by atoms with E-state index in [0.717, 1.165) is 23.7 Å². The number of carbonyl (C=O) groups excluding carboxylic acids is 1. The highest BCUT2D eigenvalue weighted by atomic mass is 16.5. The number of aromatic nitrogens is 1. The molecule has 0 radical (unpaired) electrons. The quantitative estimate of drug-likeness (QED) is 0.679. The minimum absolute atomic E-state index is 0.0230. The maximum absolute atomic E-state index is 12.9. The van der Waals surface area contributed by atoms with Crippen molar-refractivity contribution < 1.29 is 24.5 Å². The molecular weight excluding hydrogens is 410 g/mol. The Morgan fingerprint density at radius 1 is 1.09 bits per heavy atom. The van der Waals surface area contributed by atoms with Crippen LogP contribution in [0.1, 0.15) is 32.1 Å². The van der Waals surface area contributed by atoms with E-state index in [9.17, 15) is 19.8 Å². The van der Waals surface area contributed by atoms with Crippen LogP contribution in [0.4, 0.5) is 0 Å². The number of likely N-dealkylation sites (tertiary alicyclic amines) is 2. The van der Waals surface area contributed by atoms with Gasteiger partial charge >= 0.3 is 5.97 Å². The standard InChI is InChI=1S/C24H31N3O5/c28-18(16-32-22-8-3-6-20-19(22)5-4-11-25-20)15-26-13-9-17(10-14-26)23(29)27-12-2-1-7-21(27)24(30)31/h3-6,8,11,17-18,21,28H,1-2,7,9-10,12-16H2,(H,30,31). The van der Waals surface area contributed by atoms with Gasteiger partial charge in [0, 0.05) is 30.6 Å². The van der Waals surface area contributed by atoms with Crippen LogP contribution in [0.15, 0.2) is 36.5 Å². The molecule has 8 nitrogen and oxygen atoms in total. The van der Waals surface area contributed by atoms with E-state index in [1.165, 1.54) is 0 Å². The number of carboxylic acid groups (broad SMARTS) is 1. The van der Waals surface area contributed by atoms with E-state index in [0.29, 0.717) is 51.2 Å². The molecule has 0 aliphatic carbocycles. The molecule has 2 fully saturated rings. The number of β-amino-alcohol motifs (C(OH)–C–C–N with tert-alkyl or cyclic N) is 1. The van der Waals surface area contributed by atoms with Gasteiger partial charge in [0.25, 0.3) is 0 Å². The molecule has 2 saturated heterocycles. The second kappa shape index (κ2) is 10.3. The van der Waals surface area contributed by atoms with Crippen LogP contribution in [0.2, 0.25) is 0 Å². The highest BCUT2D eigenvalue weighted by Crippen LogP contribution is 2.26. The van der Waals surface area contributed by atoms with E-state index < -0.39 is 18.1 Å². The molecule has 1 aromatic carbocycles. The third kappa shape index (κ3) is 5.19. The van der Waals surface area contributed by atoms with Crippen molar-refractivity contribution in [1.29, 1.82) is 0 Å². The fourth-order valence-corrected chi connectivity index (χ4v) is 4.79. The van der Waals surface area contributed by atoms with Gasteiger partial charge < -0.3 is 24.7 Å². The first-order chi connectivity index (χ1) is 15.5. The molecule has 1 amide bonds. The molecule has 172 valence electrons. The van der Waals surface area contributed by atoms with Crippen molar-refractivity contribution in [2.24, 2.45) is 5.92 Å². The van der Waals surface area contributed by atoms with E-state index in [1.54, 1.807) is 11.1 Å². The summed E-state index contributed by atoms with van der Waals surface area (Å²) in [5.74, 6) is -0.359. The van der Waals surface area contributed by atoms with Gasteiger partial charge in [-0.2, -0.15) is 0 Å². The van der Waals surface area contributed by atoms with Crippen LogP contribution >= 0.6 is 0 Å². The Morgan fingerprint density at radius 3 is 2.69 bits per heavy atom. The van der Waals surface area contributed by atoms with Gasteiger partial charge in [-0.25, -0.2) is 4.79 Å². The molecule has 2 aliphatic heterocycles. The normalized spacial score (nSPS) is 21.4. The highest BCUT2D eigenvalue weighted by molar-refractivity contribution is 5.85. The molecule has 32 heavy (non-hydrogen) atoms. The molecule has 2 unspecified atom stereocenters. The highest BCUT2D eigenvalue weighted by Gasteiger charge is 2.36. The van der Waals surface area contributed by atoms with Gasteiger partial charge in [-0.3, -0.25) is 9.78 Å². The monoisotopic (exact) mass is 441 g/mol. The number of hydrogen-bond acceptors (Lipinski definition) is 6. The first-order valence-corrected chi connectivity index (χ1v) is 11.4. The summed E-state index contributed by atoms with van der Waals surface area (Å²) in [4.78, 5) is 32.5. The first kappa shape index (κ1) is 22.5. The minimum atomic E-state index is -0.902. The number of carboxylic acids is 1. The molecule has 2 N–H and O–H groups in total. The Balaban J connectivity index is 1.25. The van der Waals surface area contributed by atoms with Crippen molar-refractivity contribution in [3.8, 4) is 5.75 Å². The van der Waals surface area contributed by atoms with Crippen LogP contribution < -0.4 is 4.74 Å². The van der Waals surface area contributed by atoms with Crippen LogP contribution in [-0.2, 0) is 9.59 Å². The average Bonchev–Trinajstić information content (AvgIpc) is 2.82. The number of carbonyl (C=O) groups is 2. The van der Waals surface area contributed by atoms with Gasteiger partial charge in [-0.05, 0) is 69.5 Å². The first-order valence-electron chi connectivity index (χ1n) is 11.4. The van der Waals surface area contributed by atoms with Crippen LogP contribution in [0.3, 0.4) is 0 Å². The van der Waals surface area contributed by atoms with Gasteiger partial charge in [0.15, 0.2) is 0 Å². The van der Waals surface area contributed by atoms with Crippen LogP contribution in [0.5, 0.6) is 5.75 Å². The maximum atomic E-state index is 12.9. The van der Waals surface area contributed by atoms with E-state index in [1.807, 2.05) is 30.3 Å². The van der Waals surface area contributed by atoms with Crippen molar-refractivity contribution in [2.75, 3.05) is 32.8 Å². The summed E-state index contributed by atoms with van der Waals surface area (Å²) in [5, 5.41) is 20.8. The smallest absolute Gasteiger partial charge is 0.326 e. The number of fused-ring (bicyclic) bond motifs is 1. The molecule has 0 saturated carbocycles. The number of amides is 1. The van der Waals surface area contributed by atoms with Crippen molar-refractivity contribution in [1.82, 2.24) is 14.8 Å². The number of aliphatic carboxylic acids is 1. The number of pyridine rings is 1. The molecule has 2 aliphatic rings.